The average molecular weight is 367 g/mol. The number of carbonyl (C=O) groups excluding carboxylic acids is 1. The Morgan fingerprint density at radius 2 is 1.92 bits per heavy atom. The molecule has 0 fully saturated rings. The lowest BCUT2D eigenvalue weighted by Gasteiger charge is -2.24. The van der Waals surface area contributed by atoms with E-state index >= 15 is 0 Å². The van der Waals surface area contributed by atoms with E-state index < -0.39 is 21.5 Å². The van der Waals surface area contributed by atoms with Gasteiger partial charge in [0.2, 0.25) is 0 Å². The fraction of sp³-hybridized carbons (Fsp3) is 0.529. The molecule has 0 saturated heterocycles. The minimum Gasteiger partial charge on any atom is -0.444 e. The van der Waals surface area contributed by atoms with Crippen molar-refractivity contribution in [2.24, 2.45) is 5.92 Å². The molecule has 1 amide bonds. The number of imidazole rings is 1. The number of hydrogen-bond acceptors (Lipinski definition) is 5. The van der Waals surface area contributed by atoms with Crippen molar-refractivity contribution in [3.63, 3.8) is 0 Å². The third-order valence-corrected chi connectivity index (χ3v) is 4.64. The quantitative estimate of drug-likeness (QED) is 0.864. The Labute approximate surface area is 148 Å². The van der Waals surface area contributed by atoms with Crippen LogP contribution >= 0.6 is 0 Å². The van der Waals surface area contributed by atoms with Crippen LogP contribution in [0.3, 0.4) is 0 Å². The van der Waals surface area contributed by atoms with E-state index in [1.807, 2.05) is 13.8 Å². The third-order valence-electron chi connectivity index (χ3n) is 3.53. The number of fused-ring (bicyclic) bond motifs is 1. The summed E-state index contributed by atoms with van der Waals surface area (Å²) in [7, 11) is -3.30. The first kappa shape index (κ1) is 19.2. The van der Waals surface area contributed by atoms with Gasteiger partial charge < -0.3 is 15.0 Å². The number of benzene rings is 1. The number of nitrogens with one attached hydrogen (secondary N) is 2. The Kier molecular flexibility index (Phi) is 5.13. The van der Waals surface area contributed by atoms with E-state index in [4.69, 9.17) is 4.74 Å². The van der Waals surface area contributed by atoms with E-state index in [2.05, 4.69) is 15.3 Å². The number of aromatic amines is 1. The standard InChI is InChI=1S/C17H25N3O4S/c1-10(2)14(20-16(21)24-17(3,4)5)15-18-12-8-7-11(25(6,22)23)9-13(12)19-15/h7-10,14H,1-6H3,(H,18,19)(H,20,21). The first-order valence-electron chi connectivity index (χ1n) is 8.06. The molecule has 0 saturated carbocycles. The Morgan fingerprint density at radius 3 is 2.44 bits per heavy atom. The molecule has 0 aliphatic carbocycles. The van der Waals surface area contributed by atoms with Crippen LogP contribution in [0.5, 0.6) is 0 Å². The van der Waals surface area contributed by atoms with E-state index in [1.165, 1.54) is 6.07 Å². The minimum absolute atomic E-state index is 0.0578. The summed E-state index contributed by atoms with van der Waals surface area (Å²) in [4.78, 5) is 19.9. The molecule has 1 aromatic carbocycles. The van der Waals surface area contributed by atoms with Crippen LogP contribution in [0.25, 0.3) is 11.0 Å². The molecule has 25 heavy (non-hydrogen) atoms. The van der Waals surface area contributed by atoms with E-state index in [9.17, 15) is 13.2 Å². The van der Waals surface area contributed by atoms with Crippen LogP contribution in [-0.4, -0.2) is 36.3 Å². The molecule has 1 aromatic heterocycles. The molecule has 2 aromatic rings. The Bertz CT molecular complexity index is 879. The van der Waals surface area contributed by atoms with Crippen LogP contribution in [-0.2, 0) is 14.6 Å². The largest absolute Gasteiger partial charge is 0.444 e. The smallest absolute Gasteiger partial charge is 0.408 e. The normalized spacial score (nSPS) is 13.9. The molecule has 7 nitrogen and oxygen atoms in total. The summed E-state index contributed by atoms with van der Waals surface area (Å²) in [6.45, 7) is 9.30. The molecule has 1 unspecified atom stereocenters. The second-order valence-electron chi connectivity index (χ2n) is 7.44. The number of alkyl carbamates (subject to hydrolysis) is 1. The molecular formula is C17H25N3O4S. The summed E-state index contributed by atoms with van der Waals surface area (Å²) < 4.78 is 28.7. The molecule has 0 aliphatic rings. The average Bonchev–Trinajstić information content (AvgIpc) is 2.83. The second kappa shape index (κ2) is 6.67. The maximum absolute atomic E-state index is 12.1. The maximum Gasteiger partial charge on any atom is 0.408 e. The molecule has 0 radical (unpaired) electrons. The molecule has 8 heteroatoms. The van der Waals surface area contributed by atoms with Crippen LogP contribution < -0.4 is 5.32 Å². The van der Waals surface area contributed by atoms with Gasteiger partial charge in [0.25, 0.3) is 0 Å². The van der Waals surface area contributed by atoms with Gasteiger partial charge in [-0.25, -0.2) is 18.2 Å². The number of H-pyrrole nitrogens is 1. The lowest BCUT2D eigenvalue weighted by Crippen LogP contribution is -2.37. The van der Waals surface area contributed by atoms with Gasteiger partial charge in [0.05, 0.1) is 22.0 Å². The molecule has 1 atom stereocenters. The fourth-order valence-corrected chi connectivity index (χ4v) is 3.02. The van der Waals surface area contributed by atoms with E-state index in [-0.39, 0.29) is 16.9 Å². The zero-order chi connectivity index (χ0) is 19.0. The topological polar surface area (TPSA) is 101 Å². The minimum atomic E-state index is -3.30. The van der Waals surface area contributed by atoms with E-state index in [0.29, 0.717) is 16.9 Å². The lowest BCUT2D eigenvalue weighted by atomic mass is 10.0. The zero-order valence-electron chi connectivity index (χ0n) is 15.4. The van der Waals surface area contributed by atoms with Gasteiger partial charge >= 0.3 is 6.09 Å². The predicted octanol–water partition coefficient (Wildman–Crippen LogP) is 3.19. The van der Waals surface area contributed by atoms with Crippen LogP contribution in [0.2, 0.25) is 0 Å². The van der Waals surface area contributed by atoms with Crippen LogP contribution in [0, 0.1) is 5.92 Å². The first-order chi connectivity index (χ1) is 11.4. The highest BCUT2D eigenvalue weighted by atomic mass is 32.2. The summed E-state index contributed by atoms with van der Waals surface area (Å²) in [5.41, 5.74) is 0.651. The van der Waals surface area contributed by atoms with Gasteiger partial charge in [-0.3, -0.25) is 0 Å². The second-order valence-corrected chi connectivity index (χ2v) is 9.46. The molecule has 138 valence electrons. The van der Waals surface area contributed by atoms with Crippen molar-refractivity contribution in [1.82, 2.24) is 15.3 Å². The Morgan fingerprint density at radius 1 is 1.28 bits per heavy atom. The van der Waals surface area contributed by atoms with Gasteiger partial charge in [0, 0.05) is 6.26 Å². The summed E-state index contributed by atoms with van der Waals surface area (Å²) in [6.07, 6.45) is 0.635. The monoisotopic (exact) mass is 367 g/mol. The predicted molar refractivity (Wildman–Crippen MR) is 96.2 cm³/mol. The Balaban J connectivity index is 2.34. The Hall–Kier alpha value is -2.09. The van der Waals surface area contributed by atoms with Crippen molar-refractivity contribution < 1.29 is 17.9 Å². The highest BCUT2D eigenvalue weighted by Gasteiger charge is 2.25. The SMILES string of the molecule is CC(C)C(NC(=O)OC(C)(C)C)c1nc2ccc(S(C)(=O)=O)cc2[nH]1. The van der Waals surface area contributed by atoms with Crippen LogP contribution in [0.15, 0.2) is 23.1 Å². The van der Waals surface area contributed by atoms with Crippen LogP contribution in [0.4, 0.5) is 4.79 Å². The summed E-state index contributed by atoms with van der Waals surface area (Å²) in [6, 6.07) is 4.33. The molecule has 0 spiro atoms. The number of amides is 1. The van der Waals surface area contributed by atoms with Crippen molar-refractivity contribution in [3.8, 4) is 0 Å². The molecule has 2 N–H and O–H groups in total. The number of carbonyl (C=O) groups is 1. The number of ether oxygens (including phenoxy) is 1. The highest BCUT2D eigenvalue weighted by molar-refractivity contribution is 7.90. The van der Waals surface area contributed by atoms with Crippen molar-refractivity contribution in [2.75, 3.05) is 6.26 Å². The molecular weight excluding hydrogens is 342 g/mol. The molecule has 0 bridgehead atoms. The molecule has 2 rings (SSSR count). The van der Waals surface area contributed by atoms with E-state index in [0.717, 1.165) is 6.26 Å². The van der Waals surface area contributed by atoms with Gasteiger partial charge in [-0.05, 0) is 44.9 Å². The highest BCUT2D eigenvalue weighted by Crippen LogP contribution is 2.24. The third kappa shape index (κ3) is 4.94. The van der Waals surface area contributed by atoms with Crippen LogP contribution in [0.1, 0.15) is 46.5 Å². The van der Waals surface area contributed by atoms with Gasteiger partial charge in [0.15, 0.2) is 9.84 Å². The number of nitrogens with zero attached hydrogens (tertiary/aromatic N) is 1. The summed E-state index contributed by atoms with van der Waals surface area (Å²) in [5.74, 6) is 0.615. The number of aromatic nitrogens is 2. The van der Waals surface area contributed by atoms with Crippen molar-refractivity contribution in [3.05, 3.63) is 24.0 Å². The first-order valence-corrected chi connectivity index (χ1v) is 9.95. The number of hydrogen-bond donors (Lipinski definition) is 2. The van der Waals surface area contributed by atoms with Gasteiger partial charge in [-0.15, -0.1) is 0 Å². The van der Waals surface area contributed by atoms with Gasteiger partial charge in [-0.2, -0.15) is 0 Å². The number of sulfone groups is 1. The lowest BCUT2D eigenvalue weighted by molar-refractivity contribution is 0.0487. The van der Waals surface area contributed by atoms with Crippen molar-refractivity contribution in [2.45, 2.75) is 51.2 Å². The fourth-order valence-electron chi connectivity index (χ4n) is 2.37. The summed E-state index contributed by atoms with van der Waals surface area (Å²) in [5, 5.41) is 2.82. The van der Waals surface area contributed by atoms with E-state index in [1.54, 1.807) is 32.9 Å². The zero-order valence-corrected chi connectivity index (χ0v) is 16.2. The molecule has 0 aliphatic heterocycles. The van der Waals surface area contributed by atoms with Crippen molar-refractivity contribution >= 4 is 27.0 Å². The maximum atomic E-state index is 12.1. The number of rotatable bonds is 4. The van der Waals surface area contributed by atoms with Crippen molar-refractivity contribution in [1.29, 1.82) is 0 Å². The molecule has 1 heterocycles. The van der Waals surface area contributed by atoms with Gasteiger partial charge in [0.1, 0.15) is 11.4 Å². The summed E-state index contributed by atoms with van der Waals surface area (Å²) >= 11 is 0. The van der Waals surface area contributed by atoms with Gasteiger partial charge in [-0.1, -0.05) is 13.8 Å².